The van der Waals surface area contributed by atoms with Crippen LogP contribution in [0.3, 0.4) is 0 Å². The molecule has 0 radical (unpaired) electrons. The minimum absolute atomic E-state index is 0.0141. The summed E-state index contributed by atoms with van der Waals surface area (Å²) < 4.78 is 19.2. The van der Waals surface area contributed by atoms with Crippen LogP contribution in [0.25, 0.3) is 17.0 Å². The molecule has 0 saturated carbocycles. The Morgan fingerprint density at radius 3 is 2.54 bits per heavy atom. The Morgan fingerprint density at radius 1 is 0.951 bits per heavy atom. The number of fused-ring (bicyclic) bond motifs is 2. The smallest absolute Gasteiger partial charge is 0.283 e. The van der Waals surface area contributed by atoms with Crippen molar-refractivity contribution < 1.29 is 19.0 Å². The fourth-order valence-corrected chi connectivity index (χ4v) is 5.57. The number of thioether (sulfide) groups is 1. The molecule has 0 atom stereocenters. The molecule has 0 unspecified atom stereocenters. The molecule has 9 nitrogen and oxygen atoms in total. The number of rotatable bonds is 9. The summed E-state index contributed by atoms with van der Waals surface area (Å²) in [6.07, 6.45) is 1.75. The van der Waals surface area contributed by atoms with Gasteiger partial charge in [0, 0.05) is 28.2 Å². The number of carbonyl (C=O) groups is 1. The van der Waals surface area contributed by atoms with Gasteiger partial charge in [0.25, 0.3) is 5.91 Å². The molecule has 4 aromatic rings. The summed E-state index contributed by atoms with van der Waals surface area (Å²) in [6, 6.07) is 24.9. The summed E-state index contributed by atoms with van der Waals surface area (Å²) in [7, 11) is 1.63. The third-order valence-corrected chi connectivity index (χ3v) is 7.68. The van der Waals surface area contributed by atoms with Crippen LogP contribution < -0.4 is 14.2 Å². The van der Waals surface area contributed by atoms with Gasteiger partial charge in [0.2, 0.25) is 5.17 Å². The van der Waals surface area contributed by atoms with E-state index in [4.69, 9.17) is 19.6 Å². The lowest BCUT2D eigenvalue weighted by Crippen LogP contribution is -2.35. The van der Waals surface area contributed by atoms with Gasteiger partial charge < -0.3 is 18.8 Å². The molecule has 3 aromatic carbocycles. The highest BCUT2D eigenvalue weighted by Gasteiger charge is 2.36. The Bertz CT molecular complexity index is 1740. The first-order valence-electron chi connectivity index (χ1n) is 13.0. The van der Waals surface area contributed by atoms with Crippen LogP contribution in [0, 0.1) is 12.3 Å². The maximum absolute atomic E-state index is 13.1. The monoisotopic (exact) mass is 565 g/mol. The predicted octanol–water partition coefficient (Wildman–Crippen LogP) is 5.74. The zero-order chi connectivity index (χ0) is 28.3. The lowest BCUT2D eigenvalue weighted by atomic mass is 10.1. The number of amidine groups is 2. The number of methoxy groups -OCH3 is 1. The van der Waals surface area contributed by atoms with E-state index in [1.807, 2.05) is 85.8 Å². The molecule has 1 amide bonds. The zero-order valence-electron chi connectivity index (χ0n) is 22.5. The Morgan fingerprint density at radius 2 is 1.71 bits per heavy atom. The quantitative estimate of drug-likeness (QED) is 0.260. The number of aliphatic imine (C=N–C) groups is 1. The zero-order valence-corrected chi connectivity index (χ0v) is 23.4. The van der Waals surface area contributed by atoms with Gasteiger partial charge in [-0.15, -0.1) is 0 Å². The molecule has 41 heavy (non-hydrogen) atoms. The number of hydrogen-bond donors (Lipinski definition) is 1. The molecule has 3 heterocycles. The van der Waals surface area contributed by atoms with Crippen LogP contribution in [0.2, 0.25) is 0 Å². The molecule has 1 N–H and O–H groups in total. The summed E-state index contributed by atoms with van der Waals surface area (Å²) in [5.74, 6) is 1.70. The van der Waals surface area contributed by atoms with Crippen LogP contribution in [-0.4, -0.2) is 51.9 Å². The van der Waals surface area contributed by atoms with E-state index in [2.05, 4.69) is 14.7 Å². The standard InChI is InChI=1S/C31H27N5O4S/c1-20-25(24-13-6-7-14-27(24)35(20)15-16-39-23-12-8-11-22(17-23)38-2)18-26-29(32)36-31(33-30(26)37)41-28(34-36)19-40-21-9-4-3-5-10-21/h3-14,17-18,32H,15-16,19H2,1-2H3/b26-18+,32-29?. The van der Waals surface area contributed by atoms with Crippen LogP contribution in [0.4, 0.5) is 0 Å². The van der Waals surface area contributed by atoms with Crippen LogP contribution >= 0.6 is 11.8 Å². The van der Waals surface area contributed by atoms with E-state index < -0.39 is 5.91 Å². The molecule has 0 spiro atoms. The number of para-hydroxylation sites is 2. The number of hydrogen-bond acceptors (Lipinski definition) is 7. The predicted molar refractivity (Wildman–Crippen MR) is 162 cm³/mol. The Labute approximate surface area is 241 Å². The summed E-state index contributed by atoms with van der Waals surface area (Å²) in [5.41, 5.74) is 3.01. The Hall–Kier alpha value is -4.83. The van der Waals surface area contributed by atoms with E-state index in [0.717, 1.165) is 39.4 Å². The first-order valence-corrected chi connectivity index (χ1v) is 13.8. The van der Waals surface area contributed by atoms with Gasteiger partial charge in [0.05, 0.1) is 19.2 Å². The fraction of sp³-hybridized carbons (Fsp3) is 0.161. The van der Waals surface area contributed by atoms with Crippen molar-refractivity contribution >= 4 is 50.7 Å². The van der Waals surface area contributed by atoms with Crippen molar-refractivity contribution in [1.82, 2.24) is 9.58 Å². The molecule has 1 aromatic heterocycles. The van der Waals surface area contributed by atoms with E-state index in [9.17, 15) is 4.79 Å². The third-order valence-electron chi connectivity index (χ3n) is 6.80. The summed E-state index contributed by atoms with van der Waals surface area (Å²) >= 11 is 1.24. The molecule has 0 fully saturated rings. The van der Waals surface area contributed by atoms with Crippen molar-refractivity contribution in [3.05, 3.63) is 95.7 Å². The molecule has 2 aliphatic rings. The maximum Gasteiger partial charge on any atom is 0.283 e. The SMILES string of the molecule is COc1cccc(OCCn2c(C)c(/C=C3\C(=N)N4N=C(COc5ccccc5)SC4=NC3=O)c3ccccc32)c1. The summed E-state index contributed by atoms with van der Waals surface area (Å²) in [5, 5.41) is 16.7. The van der Waals surface area contributed by atoms with Crippen LogP contribution in [0.15, 0.2) is 94.5 Å². The number of amides is 1. The van der Waals surface area contributed by atoms with Crippen molar-refractivity contribution in [3.8, 4) is 17.2 Å². The van der Waals surface area contributed by atoms with E-state index in [1.165, 1.54) is 16.8 Å². The minimum Gasteiger partial charge on any atom is -0.497 e. The van der Waals surface area contributed by atoms with Gasteiger partial charge >= 0.3 is 0 Å². The number of hydrazone groups is 1. The lowest BCUT2D eigenvalue weighted by molar-refractivity contribution is -0.114. The summed E-state index contributed by atoms with van der Waals surface area (Å²) in [6.45, 7) is 3.26. The highest BCUT2D eigenvalue weighted by Crippen LogP contribution is 2.32. The number of nitrogens with zero attached hydrogens (tertiary/aromatic N) is 4. The van der Waals surface area contributed by atoms with Gasteiger partial charge in [-0.2, -0.15) is 15.1 Å². The van der Waals surface area contributed by atoms with Crippen molar-refractivity contribution in [2.24, 2.45) is 10.1 Å². The molecule has 10 heteroatoms. The van der Waals surface area contributed by atoms with E-state index >= 15 is 0 Å². The Balaban J connectivity index is 1.24. The average molecular weight is 566 g/mol. The van der Waals surface area contributed by atoms with Gasteiger partial charge in [-0.05, 0) is 55.1 Å². The van der Waals surface area contributed by atoms with Gasteiger partial charge in [-0.25, -0.2) is 0 Å². The van der Waals surface area contributed by atoms with Crippen molar-refractivity contribution in [2.75, 3.05) is 20.3 Å². The van der Waals surface area contributed by atoms with Gasteiger partial charge in [0.1, 0.15) is 35.5 Å². The first kappa shape index (κ1) is 26.4. The van der Waals surface area contributed by atoms with Gasteiger partial charge in [0.15, 0.2) is 5.84 Å². The van der Waals surface area contributed by atoms with Crippen molar-refractivity contribution in [3.63, 3.8) is 0 Å². The molecule has 2 aliphatic heterocycles. The van der Waals surface area contributed by atoms with Crippen LogP contribution in [0.1, 0.15) is 11.3 Å². The Kier molecular flexibility index (Phi) is 7.30. The molecule has 0 bridgehead atoms. The third kappa shape index (κ3) is 5.33. The average Bonchev–Trinajstić information content (AvgIpc) is 3.53. The molecule has 0 saturated heterocycles. The topological polar surface area (TPSA) is 102 Å². The van der Waals surface area contributed by atoms with E-state index in [0.29, 0.717) is 23.4 Å². The number of carbonyl (C=O) groups excluding carboxylic acids is 1. The number of benzene rings is 3. The fourth-order valence-electron chi connectivity index (χ4n) is 4.77. The van der Waals surface area contributed by atoms with Gasteiger partial charge in [-0.1, -0.05) is 42.5 Å². The number of ether oxygens (including phenoxy) is 3. The highest BCUT2D eigenvalue weighted by atomic mass is 32.2. The summed E-state index contributed by atoms with van der Waals surface area (Å²) in [4.78, 5) is 17.4. The van der Waals surface area contributed by atoms with Gasteiger partial charge in [-0.3, -0.25) is 10.2 Å². The second-order valence-corrected chi connectivity index (χ2v) is 10.4. The van der Waals surface area contributed by atoms with Crippen LogP contribution in [-0.2, 0) is 11.3 Å². The largest absolute Gasteiger partial charge is 0.497 e. The van der Waals surface area contributed by atoms with E-state index in [-0.39, 0.29) is 18.0 Å². The molecule has 6 rings (SSSR count). The second-order valence-electron chi connectivity index (χ2n) is 9.31. The molecular weight excluding hydrogens is 538 g/mol. The number of nitrogens with one attached hydrogen (secondary N) is 1. The van der Waals surface area contributed by atoms with Crippen LogP contribution in [0.5, 0.6) is 17.2 Å². The van der Waals surface area contributed by atoms with Crippen molar-refractivity contribution in [1.29, 1.82) is 5.41 Å². The number of aromatic nitrogens is 1. The maximum atomic E-state index is 13.1. The molecular formula is C31H27N5O4S. The van der Waals surface area contributed by atoms with Crippen molar-refractivity contribution in [2.45, 2.75) is 13.5 Å². The minimum atomic E-state index is -0.466. The normalized spacial score (nSPS) is 15.7. The molecule has 206 valence electrons. The first-order chi connectivity index (χ1) is 20.0. The van der Waals surface area contributed by atoms with E-state index in [1.54, 1.807) is 13.2 Å². The lowest BCUT2D eigenvalue weighted by Gasteiger charge is -2.20. The second kappa shape index (κ2) is 11.3. The molecule has 0 aliphatic carbocycles. The highest BCUT2D eigenvalue weighted by molar-refractivity contribution is 8.27.